The van der Waals surface area contributed by atoms with Gasteiger partial charge >= 0.3 is 0 Å². The van der Waals surface area contributed by atoms with Gasteiger partial charge in [0.1, 0.15) is 0 Å². The van der Waals surface area contributed by atoms with Gasteiger partial charge in [-0.3, -0.25) is 4.79 Å². The van der Waals surface area contributed by atoms with Crippen LogP contribution in [0.3, 0.4) is 0 Å². The number of carbonyl (C=O) groups is 1. The Morgan fingerprint density at radius 2 is 1.81 bits per heavy atom. The number of nitrogens with one attached hydrogen (secondary N) is 1. The Morgan fingerprint density at radius 3 is 2.43 bits per heavy atom. The predicted molar refractivity (Wildman–Crippen MR) is 85.6 cm³/mol. The predicted octanol–water partition coefficient (Wildman–Crippen LogP) is 3.77. The summed E-state index contributed by atoms with van der Waals surface area (Å²) in [5.74, 6) is 0.0368. The lowest BCUT2D eigenvalue weighted by molar-refractivity contribution is 0.0949. The van der Waals surface area contributed by atoms with Crippen LogP contribution in [0.1, 0.15) is 39.9 Å². The average Bonchev–Trinajstić information content (AvgIpc) is 3.27. The molecule has 1 amide bonds. The highest BCUT2D eigenvalue weighted by atomic mass is 16.1. The summed E-state index contributed by atoms with van der Waals surface area (Å²) in [7, 11) is 0. The maximum absolute atomic E-state index is 12.4. The van der Waals surface area contributed by atoms with Crippen molar-refractivity contribution in [2.45, 2.75) is 32.1 Å². The van der Waals surface area contributed by atoms with E-state index in [-0.39, 0.29) is 11.3 Å². The summed E-state index contributed by atoms with van der Waals surface area (Å²) in [6.45, 7) is 4.76. The molecule has 0 radical (unpaired) electrons. The Labute approximate surface area is 126 Å². The molecule has 21 heavy (non-hydrogen) atoms. The fourth-order valence-electron chi connectivity index (χ4n) is 2.92. The zero-order valence-electron chi connectivity index (χ0n) is 12.6. The van der Waals surface area contributed by atoms with Gasteiger partial charge in [0.25, 0.3) is 5.91 Å². The van der Waals surface area contributed by atoms with Gasteiger partial charge in [-0.05, 0) is 43.9 Å². The van der Waals surface area contributed by atoms with Crippen molar-refractivity contribution in [2.75, 3.05) is 6.54 Å². The molecule has 3 rings (SSSR count). The number of aryl methyl sites for hydroxylation is 2. The zero-order valence-corrected chi connectivity index (χ0v) is 12.6. The molecule has 108 valence electrons. The molecule has 2 heteroatoms. The SMILES string of the molecule is Cc1ccc(C(=O)NCC2(c3ccccc3)CC2)c(C)c1. The van der Waals surface area contributed by atoms with Crippen LogP contribution in [0.15, 0.2) is 48.5 Å². The van der Waals surface area contributed by atoms with Crippen molar-refractivity contribution < 1.29 is 4.79 Å². The highest BCUT2D eigenvalue weighted by Gasteiger charge is 2.44. The van der Waals surface area contributed by atoms with Gasteiger partial charge < -0.3 is 5.32 Å². The van der Waals surface area contributed by atoms with Crippen LogP contribution in [0.25, 0.3) is 0 Å². The fraction of sp³-hybridized carbons (Fsp3) is 0.316. The van der Waals surface area contributed by atoms with Gasteiger partial charge in [0.15, 0.2) is 0 Å². The van der Waals surface area contributed by atoms with Crippen molar-refractivity contribution in [3.05, 3.63) is 70.8 Å². The third-order valence-electron chi connectivity index (χ3n) is 4.45. The molecule has 2 nitrogen and oxygen atoms in total. The maximum atomic E-state index is 12.4. The first-order valence-corrected chi connectivity index (χ1v) is 7.52. The lowest BCUT2D eigenvalue weighted by Crippen LogP contribution is -2.32. The normalized spacial score (nSPS) is 15.5. The van der Waals surface area contributed by atoms with E-state index in [0.717, 1.165) is 30.5 Å². The van der Waals surface area contributed by atoms with Crippen LogP contribution in [0.4, 0.5) is 0 Å². The van der Waals surface area contributed by atoms with Gasteiger partial charge in [-0.2, -0.15) is 0 Å². The van der Waals surface area contributed by atoms with Crippen molar-refractivity contribution in [3.63, 3.8) is 0 Å². The van der Waals surface area contributed by atoms with Crippen LogP contribution in [-0.2, 0) is 5.41 Å². The average molecular weight is 279 g/mol. The van der Waals surface area contributed by atoms with Crippen LogP contribution < -0.4 is 5.32 Å². The minimum atomic E-state index is 0.0368. The number of hydrogen-bond acceptors (Lipinski definition) is 1. The zero-order chi connectivity index (χ0) is 14.9. The number of hydrogen-bond donors (Lipinski definition) is 1. The maximum Gasteiger partial charge on any atom is 0.251 e. The third-order valence-corrected chi connectivity index (χ3v) is 4.45. The van der Waals surface area contributed by atoms with E-state index in [1.807, 2.05) is 32.0 Å². The second kappa shape index (κ2) is 5.36. The first-order chi connectivity index (χ1) is 10.1. The number of amides is 1. The molecule has 1 fully saturated rings. The first-order valence-electron chi connectivity index (χ1n) is 7.52. The Kier molecular flexibility index (Phi) is 3.54. The lowest BCUT2D eigenvalue weighted by atomic mass is 9.95. The molecule has 2 aromatic carbocycles. The summed E-state index contributed by atoms with van der Waals surface area (Å²) < 4.78 is 0. The van der Waals surface area contributed by atoms with Gasteiger partial charge in [0.05, 0.1) is 0 Å². The summed E-state index contributed by atoms with van der Waals surface area (Å²) in [6.07, 6.45) is 2.31. The summed E-state index contributed by atoms with van der Waals surface area (Å²) in [6, 6.07) is 16.5. The van der Waals surface area contributed by atoms with Crippen molar-refractivity contribution in [1.29, 1.82) is 0 Å². The molecule has 1 aliphatic rings. The quantitative estimate of drug-likeness (QED) is 0.907. The van der Waals surface area contributed by atoms with Crippen LogP contribution in [0, 0.1) is 13.8 Å². The molecule has 0 bridgehead atoms. The molecular weight excluding hydrogens is 258 g/mol. The summed E-state index contributed by atoms with van der Waals surface area (Å²) in [5.41, 5.74) is 4.51. The molecule has 0 heterocycles. The lowest BCUT2D eigenvalue weighted by Gasteiger charge is -2.17. The van der Waals surface area contributed by atoms with E-state index in [0.29, 0.717) is 0 Å². The van der Waals surface area contributed by atoms with Gasteiger partial charge in [-0.25, -0.2) is 0 Å². The highest BCUT2D eigenvalue weighted by Crippen LogP contribution is 2.47. The number of rotatable bonds is 4. The van der Waals surface area contributed by atoms with E-state index >= 15 is 0 Å². The van der Waals surface area contributed by atoms with Crippen molar-refractivity contribution in [2.24, 2.45) is 0 Å². The van der Waals surface area contributed by atoms with Gasteiger partial charge in [-0.15, -0.1) is 0 Å². The molecule has 1 aliphatic carbocycles. The molecule has 0 atom stereocenters. The van der Waals surface area contributed by atoms with E-state index in [4.69, 9.17) is 0 Å². The Bertz CT molecular complexity index is 657. The monoisotopic (exact) mass is 279 g/mol. The molecule has 0 unspecified atom stereocenters. The fourth-order valence-corrected chi connectivity index (χ4v) is 2.92. The van der Waals surface area contributed by atoms with E-state index in [1.165, 1.54) is 11.1 Å². The Morgan fingerprint density at radius 1 is 1.10 bits per heavy atom. The summed E-state index contributed by atoms with van der Waals surface area (Å²) in [5, 5.41) is 3.12. The van der Waals surface area contributed by atoms with E-state index in [2.05, 4.69) is 35.6 Å². The standard InChI is InChI=1S/C19H21NO/c1-14-8-9-17(15(2)12-14)18(21)20-13-19(10-11-19)16-6-4-3-5-7-16/h3-9,12H,10-11,13H2,1-2H3,(H,20,21). The largest absolute Gasteiger partial charge is 0.351 e. The van der Waals surface area contributed by atoms with Crippen molar-refractivity contribution in [3.8, 4) is 0 Å². The van der Waals surface area contributed by atoms with Gasteiger partial charge in [-0.1, -0.05) is 48.0 Å². The molecule has 0 aliphatic heterocycles. The molecule has 1 N–H and O–H groups in total. The molecule has 1 saturated carbocycles. The van der Waals surface area contributed by atoms with Gasteiger partial charge in [0.2, 0.25) is 0 Å². The van der Waals surface area contributed by atoms with E-state index < -0.39 is 0 Å². The van der Waals surface area contributed by atoms with Crippen molar-refractivity contribution >= 4 is 5.91 Å². The smallest absolute Gasteiger partial charge is 0.251 e. The molecule has 0 spiro atoms. The Hall–Kier alpha value is -2.09. The number of carbonyl (C=O) groups excluding carboxylic acids is 1. The summed E-state index contributed by atoms with van der Waals surface area (Å²) >= 11 is 0. The van der Waals surface area contributed by atoms with Crippen LogP contribution >= 0.6 is 0 Å². The topological polar surface area (TPSA) is 29.1 Å². The van der Waals surface area contributed by atoms with E-state index in [1.54, 1.807) is 0 Å². The van der Waals surface area contributed by atoms with E-state index in [9.17, 15) is 4.79 Å². The van der Waals surface area contributed by atoms with Crippen molar-refractivity contribution in [1.82, 2.24) is 5.32 Å². The highest BCUT2D eigenvalue weighted by molar-refractivity contribution is 5.95. The molecular formula is C19H21NO. The minimum absolute atomic E-state index is 0.0368. The first kappa shape index (κ1) is 13.9. The summed E-state index contributed by atoms with van der Waals surface area (Å²) in [4.78, 5) is 12.4. The number of benzene rings is 2. The Balaban J connectivity index is 1.69. The van der Waals surface area contributed by atoms with Crippen LogP contribution in [-0.4, -0.2) is 12.5 Å². The van der Waals surface area contributed by atoms with Crippen LogP contribution in [0.2, 0.25) is 0 Å². The van der Waals surface area contributed by atoms with Crippen LogP contribution in [0.5, 0.6) is 0 Å². The molecule has 0 aromatic heterocycles. The third kappa shape index (κ3) is 2.85. The van der Waals surface area contributed by atoms with Gasteiger partial charge in [0, 0.05) is 17.5 Å². The second-order valence-electron chi connectivity index (χ2n) is 6.15. The molecule has 2 aromatic rings. The molecule has 0 saturated heterocycles. The minimum Gasteiger partial charge on any atom is -0.351 e. The second-order valence-corrected chi connectivity index (χ2v) is 6.15.